The lowest BCUT2D eigenvalue weighted by Crippen LogP contribution is -2.36. The van der Waals surface area contributed by atoms with Crippen molar-refractivity contribution in [2.45, 2.75) is 45.0 Å². The van der Waals surface area contributed by atoms with Crippen molar-refractivity contribution in [3.8, 4) is 5.88 Å². The van der Waals surface area contributed by atoms with E-state index in [0.29, 0.717) is 12.8 Å². The summed E-state index contributed by atoms with van der Waals surface area (Å²) in [5.41, 5.74) is -0.629. The lowest BCUT2D eigenvalue weighted by molar-refractivity contribution is -0.386. The molecule has 8 heteroatoms. The Hall–Kier alpha value is -2.22. The summed E-state index contributed by atoms with van der Waals surface area (Å²) in [6.07, 6.45) is 0.793. The van der Waals surface area contributed by atoms with E-state index in [9.17, 15) is 14.9 Å². The fraction of sp³-hybridized carbons (Fsp3) is 0.538. The number of ether oxygens (including phenoxy) is 2. The Morgan fingerprint density at radius 1 is 1.43 bits per heavy atom. The molecular weight excluding hydrogens is 280 g/mol. The molecule has 21 heavy (non-hydrogen) atoms. The van der Waals surface area contributed by atoms with Crippen LogP contribution >= 0.6 is 0 Å². The van der Waals surface area contributed by atoms with E-state index in [2.05, 4.69) is 4.98 Å². The zero-order valence-electron chi connectivity index (χ0n) is 11.7. The molecule has 2 atom stereocenters. The van der Waals surface area contributed by atoms with Gasteiger partial charge in [0.15, 0.2) is 5.69 Å². The summed E-state index contributed by atoms with van der Waals surface area (Å²) in [5, 5.41) is 19.9. The van der Waals surface area contributed by atoms with Crippen LogP contribution in [-0.4, -0.2) is 39.3 Å². The smallest absolute Gasteiger partial charge is 0.354 e. The van der Waals surface area contributed by atoms with Gasteiger partial charge in [0.05, 0.1) is 17.1 Å². The van der Waals surface area contributed by atoms with Crippen LogP contribution in [0.3, 0.4) is 0 Å². The van der Waals surface area contributed by atoms with Crippen molar-refractivity contribution in [3.63, 3.8) is 0 Å². The van der Waals surface area contributed by atoms with E-state index in [1.54, 1.807) is 0 Å². The first-order valence-corrected chi connectivity index (χ1v) is 6.57. The molecule has 0 saturated carbocycles. The minimum atomic E-state index is -1.26. The van der Waals surface area contributed by atoms with Gasteiger partial charge in [0.2, 0.25) is 0 Å². The predicted molar refractivity (Wildman–Crippen MR) is 71.5 cm³/mol. The number of hydrogen-bond acceptors (Lipinski definition) is 6. The molecule has 1 aromatic rings. The highest BCUT2D eigenvalue weighted by Crippen LogP contribution is 2.29. The van der Waals surface area contributed by atoms with Crippen molar-refractivity contribution < 1.29 is 24.3 Å². The first-order chi connectivity index (χ1) is 9.86. The molecule has 8 nitrogen and oxygen atoms in total. The van der Waals surface area contributed by atoms with Crippen LogP contribution in [-0.2, 0) is 4.74 Å². The quantitative estimate of drug-likeness (QED) is 0.668. The highest BCUT2D eigenvalue weighted by molar-refractivity contribution is 5.85. The molecule has 1 aliphatic rings. The fourth-order valence-electron chi connectivity index (χ4n) is 2.38. The van der Waals surface area contributed by atoms with Gasteiger partial charge in [-0.3, -0.25) is 10.1 Å². The van der Waals surface area contributed by atoms with Crippen molar-refractivity contribution in [3.05, 3.63) is 27.9 Å². The molecule has 0 aliphatic carbocycles. The number of nitrogens with zero attached hydrogens (tertiary/aromatic N) is 2. The predicted octanol–water partition coefficient (Wildman–Crippen LogP) is 2.02. The summed E-state index contributed by atoms with van der Waals surface area (Å²) in [7, 11) is 0. The molecule has 0 bridgehead atoms. The molecular formula is C13H16N2O6. The molecule has 1 N–H and O–H groups in total. The van der Waals surface area contributed by atoms with E-state index >= 15 is 0 Å². The van der Waals surface area contributed by atoms with Crippen LogP contribution in [0.1, 0.15) is 37.2 Å². The Bertz CT molecular complexity index is 552. The molecule has 0 amide bonds. The third-order valence-corrected chi connectivity index (χ3v) is 3.19. The highest BCUT2D eigenvalue weighted by atomic mass is 16.6. The van der Waals surface area contributed by atoms with Gasteiger partial charge in [0, 0.05) is 18.9 Å². The number of pyridine rings is 1. The number of rotatable bonds is 4. The third kappa shape index (κ3) is 3.66. The maximum Gasteiger partial charge on any atom is 0.354 e. The van der Waals surface area contributed by atoms with Gasteiger partial charge in [0.1, 0.15) is 6.10 Å². The molecule has 2 unspecified atom stereocenters. The molecule has 1 saturated heterocycles. The van der Waals surface area contributed by atoms with Gasteiger partial charge >= 0.3 is 11.7 Å². The van der Waals surface area contributed by atoms with Crippen LogP contribution in [0.15, 0.2) is 12.1 Å². The maximum atomic E-state index is 11.0. The zero-order valence-corrected chi connectivity index (χ0v) is 11.7. The second kappa shape index (κ2) is 6.04. The van der Waals surface area contributed by atoms with Gasteiger partial charge in [-0.1, -0.05) is 0 Å². The topological polar surface area (TPSA) is 112 Å². The lowest BCUT2D eigenvalue weighted by atomic mass is 10.0. The van der Waals surface area contributed by atoms with Gasteiger partial charge in [0.25, 0.3) is 5.88 Å². The number of aromatic nitrogens is 1. The molecule has 2 rings (SSSR count). The van der Waals surface area contributed by atoms with E-state index in [1.165, 1.54) is 0 Å². The van der Waals surface area contributed by atoms with Crippen LogP contribution in [0.5, 0.6) is 5.88 Å². The number of hydrogen-bond donors (Lipinski definition) is 1. The van der Waals surface area contributed by atoms with Crippen LogP contribution < -0.4 is 4.74 Å². The Morgan fingerprint density at radius 2 is 2.05 bits per heavy atom. The Kier molecular flexibility index (Phi) is 4.37. The first kappa shape index (κ1) is 15.2. The van der Waals surface area contributed by atoms with E-state index in [1.807, 2.05) is 13.8 Å². The average Bonchev–Trinajstić information content (AvgIpc) is 2.36. The number of nitro groups is 1. The van der Waals surface area contributed by atoms with Crippen molar-refractivity contribution in [2.75, 3.05) is 0 Å². The van der Waals surface area contributed by atoms with E-state index in [4.69, 9.17) is 14.6 Å². The standard InChI is InChI=1S/C13H16N2O6/c1-7-5-9(6-8(2)20-7)21-12-11(15(18)19)4-3-10(14-12)13(16)17/h3-4,7-9H,5-6H2,1-2H3,(H,16,17). The summed E-state index contributed by atoms with van der Waals surface area (Å²) in [4.78, 5) is 25.0. The molecule has 0 spiro atoms. The molecule has 1 aromatic heterocycles. The van der Waals surface area contributed by atoms with Crippen LogP contribution in [0, 0.1) is 10.1 Å². The van der Waals surface area contributed by atoms with E-state index < -0.39 is 10.9 Å². The van der Waals surface area contributed by atoms with Gasteiger partial charge < -0.3 is 14.6 Å². The zero-order chi connectivity index (χ0) is 15.6. The summed E-state index contributed by atoms with van der Waals surface area (Å²) in [5.74, 6) is -1.52. The molecule has 114 valence electrons. The van der Waals surface area contributed by atoms with Gasteiger partial charge in [-0.2, -0.15) is 0 Å². The summed E-state index contributed by atoms with van der Waals surface area (Å²) >= 11 is 0. The fourth-order valence-corrected chi connectivity index (χ4v) is 2.38. The molecule has 2 heterocycles. The van der Waals surface area contributed by atoms with Gasteiger partial charge in [-0.05, 0) is 19.9 Å². The van der Waals surface area contributed by atoms with Crippen molar-refractivity contribution in [1.82, 2.24) is 4.98 Å². The Labute approximate surface area is 120 Å². The Morgan fingerprint density at radius 3 is 2.57 bits per heavy atom. The third-order valence-electron chi connectivity index (χ3n) is 3.19. The lowest BCUT2D eigenvalue weighted by Gasteiger charge is -2.31. The number of carbonyl (C=O) groups is 1. The molecule has 1 fully saturated rings. The maximum absolute atomic E-state index is 11.0. The SMILES string of the molecule is CC1CC(Oc2nc(C(=O)O)ccc2[N+](=O)[O-])CC(C)O1. The van der Waals surface area contributed by atoms with E-state index in [-0.39, 0.29) is 35.6 Å². The average molecular weight is 296 g/mol. The minimum Gasteiger partial charge on any atom is -0.477 e. The Balaban J connectivity index is 2.26. The van der Waals surface area contributed by atoms with Crippen molar-refractivity contribution >= 4 is 11.7 Å². The highest BCUT2D eigenvalue weighted by Gasteiger charge is 2.29. The van der Waals surface area contributed by atoms with Crippen LogP contribution in [0.25, 0.3) is 0 Å². The van der Waals surface area contributed by atoms with Crippen LogP contribution in [0.4, 0.5) is 5.69 Å². The van der Waals surface area contributed by atoms with Gasteiger partial charge in [-0.25, -0.2) is 9.78 Å². The monoisotopic (exact) mass is 296 g/mol. The number of carboxylic acids is 1. The van der Waals surface area contributed by atoms with Crippen LogP contribution in [0.2, 0.25) is 0 Å². The minimum absolute atomic E-state index is 0.0273. The second-order valence-corrected chi connectivity index (χ2v) is 5.05. The summed E-state index contributed by atoms with van der Waals surface area (Å²) in [6, 6.07) is 2.18. The molecule has 0 radical (unpaired) electrons. The number of aromatic carboxylic acids is 1. The molecule has 0 aromatic carbocycles. The largest absolute Gasteiger partial charge is 0.477 e. The van der Waals surface area contributed by atoms with E-state index in [0.717, 1.165) is 12.1 Å². The molecule has 1 aliphatic heterocycles. The van der Waals surface area contributed by atoms with Crippen molar-refractivity contribution in [2.24, 2.45) is 0 Å². The van der Waals surface area contributed by atoms with Crippen molar-refractivity contribution in [1.29, 1.82) is 0 Å². The summed E-state index contributed by atoms with van der Waals surface area (Å²) in [6.45, 7) is 3.78. The normalized spacial score (nSPS) is 25.3. The number of carboxylic acid groups (broad SMARTS) is 1. The first-order valence-electron chi connectivity index (χ1n) is 6.57. The van der Waals surface area contributed by atoms with Gasteiger partial charge in [-0.15, -0.1) is 0 Å². The summed E-state index contributed by atoms with van der Waals surface area (Å²) < 4.78 is 11.1. The second-order valence-electron chi connectivity index (χ2n) is 5.05.